The maximum absolute atomic E-state index is 12.7. The Balaban J connectivity index is 1.45. The molecule has 144 valence electrons. The number of piperidine rings is 1. The first-order valence-electron chi connectivity index (χ1n) is 10.5. The van der Waals surface area contributed by atoms with Crippen molar-refractivity contribution in [1.29, 1.82) is 0 Å². The topological polar surface area (TPSA) is 35.6 Å². The van der Waals surface area contributed by atoms with Gasteiger partial charge in [0.2, 0.25) is 0 Å². The number of hydrogen-bond acceptors (Lipinski definition) is 3. The van der Waals surface area contributed by atoms with E-state index in [0.29, 0.717) is 5.92 Å². The Morgan fingerprint density at radius 3 is 2.50 bits per heavy atom. The molecule has 26 heavy (non-hydrogen) atoms. The number of hydrogen-bond donors (Lipinski definition) is 1. The number of nitrogens with zero attached hydrogens (tertiary/aromatic N) is 2. The minimum atomic E-state index is 0.147. The van der Waals surface area contributed by atoms with Crippen LogP contribution < -0.4 is 5.32 Å². The van der Waals surface area contributed by atoms with Gasteiger partial charge in [0.05, 0.1) is 0 Å². The van der Waals surface area contributed by atoms with E-state index < -0.39 is 0 Å². The first kappa shape index (κ1) is 19.4. The molecule has 1 amide bonds. The summed E-state index contributed by atoms with van der Waals surface area (Å²) in [6, 6.07) is 8.32. The lowest BCUT2D eigenvalue weighted by Crippen LogP contribution is -2.32. The maximum Gasteiger partial charge on any atom is 0.253 e. The van der Waals surface area contributed by atoms with E-state index in [1.54, 1.807) is 0 Å². The molecule has 3 rings (SSSR count). The van der Waals surface area contributed by atoms with Crippen LogP contribution in [-0.4, -0.2) is 62.0 Å². The van der Waals surface area contributed by atoms with Gasteiger partial charge in [-0.1, -0.05) is 25.0 Å². The van der Waals surface area contributed by atoms with Gasteiger partial charge in [0, 0.05) is 25.7 Å². The predicted molar refractivity (Wildman–Crippen MR) is 108 cm³/mol. The number of carbonyl (C=O) groups is 1. The number of rotatable bonds is 6. The van der Waals surface area contributed by atoms with Gasteiger partial charge >= 0.3 is 0 Å². The summed E-state index contributed by atoms with van der Waals surface area (Å²) in [6.45, 7) is 6.61. The van der Waals surface area contributed by atoms with E-state index in [1.807, 2.05) is 24.1 Å². The molecule has 2 fully saturated rings. The second kappa shape index (κ2) is 10.1. The Labute approximate surface area is 158 Å². The van der Waals surface area contributed by atoms with E-state index in [1.165, 1.54) is 57.2 Å². The Morgan fingerprint density at radius 2 is 1.85 bits per heavy atom. The molecule has 1 atom stereocenters. The summed E-state index contributed by atoms with van der Waals surface area (Å²) in [6.07, 6.45) is 8.97. The highest BCUT2D eigenvalue weighted by molar-refractivity contribution is 5.94. The summed E-state index contributed by atoms with van der Waals surface area (Å²) in [5.41, 5.74) is 2.17. The molecule has 0 radical (unpaired) electrons. The van der Waals surface area contributed by atoms with E-state index in [9.17, 15) is 4.79 Å². The van der Waals surface area contributed by atoms with Gasteiger partial charge in [-0.3, -0.25) is 4.79 Å². The predicted octanol–water partition coefficient (Wildman–Crippen LogP) is 3.49. The highest BCUT2D eigenvalue weighted by Gasteiger charge is 2.17. The second-order valence-corrected chi connectivity index (χ2v) is 8.00. The Hall–Kier alpha value is -1.39. The SMILES string of the molecule is CN(CCCN1CCCCCC1)C(=O)c1ccc([C@@H]2CCCNC2)cc1. The summed E-state index contributed by atoms with van der Waals surface area (Å²) < 4.78 is 0. The van der Waals surface area contributed by atoms with Gasteiger partial charge < -0.3 is 15.1 Å². The zero-order chi connectivity index (χ0) is 18.2. The molecule has 2 saturated heterocycles. The average Bonchev–Trinajstić information content (AvgIpc) is 2.97. The minimum Gasteiger partial charge on any atom is -0.342 e. The Kier molecular flexibility index (Phi) is 7.51. The smallest absolute Gasteiger partial charge is 0.253 e. The van der Waals surface area contributed by atoms with E-state index in [2.05, 4.69) is 22.3 Å². The van der Waals surface area contributed by atoms with Crippen LogP contribution in [0.3, 0.4) is 0 Å². The lowest BCUT2D eigenvalue weighted by Gasteiger charge is -2.24. The number of nitrogens with one attached hydrogen (secondary N) is 1. The zero-order valence-corrected chi connectivity index (χ0v) is 16.4. The van der Waals surface area contributed by atoms with Crippen molar-refractivity contribution in [3.05, 3.63) is 35.4 Å². The lowest BCUT2D eigenvalue weighted by molar-refractivity contribution is 0.0788. The summed E-state index contributed by atoms with van der Waals surface area (Å²) in [5, 5.41) is 3.46. The summed E-state index contributed by atoms with van der Waals surface area (Å²) >= 11 is 0. The van der Waals surface area contributed by atoms with Gasteiger partial charge in [-0.25, -0.2) is 0 Å². The highest BCUT2D eigenvalue weighted by Crippen LogP contribution is 2.23. The molecular formula is C22H35N3O. The summed E-state index contributed by atoms with van der Waals surface area (Å²) in [4.78, 5) is 17.1. The van der Waals surface area contributed by atoms with Crippen molar-refractivity contribution in [3.63, 3.8) is 0 Å². The molecule has 1 aromatic carbocycles. The number of amides is 1. The molecule has 0 aromatic heterocycles. The maximum atomic E-state index is 12.7. The molecule has 0 bridgehead atoms. The van der Waals surface area contributed by atoms with Crippen LogP contribution in [0.2, 0.25) is 0 Å². The van der Waals surface area contributed by atoms with Crippen LogP contribution in [-0.2, 0) is 0 Å². The second-order valence-electron chi connectivity index (χ2n) is 8.00. The molecular weight excluding hydrogens is 322 g/mol. The first-order chi connectivity index (χ1) is 12.7. The van der Waals surface area contributed by atoms with Crippen molar-refractivity contribution in [2.75, 3.05) is 46.3 Å². The van der Waals surface area contributed by atoms with E-state index >= 15 is 0 Å². The molecule has 2 aliphatic rings. The lowest BCUT2D eigenvalue weighted by atomic mass is 9.91. The van der Waals surface area contributed by atoms with Crippen molar-refractivity contribution < 1.29 is 4.79 Å². The number of carbonyl (C=O) groups excluding carboxylic acids is 1. The van der Waals surface area contributed by atoms with Crippen molar-refractivity contribution in [1.82, 2.24) is 15.1 Å². The Bertz CT molecular complexity index is 543. The fourth-order valence-electron chi connectivity index (χ4n) is 4.25. The quantitative estimate of drug-likeness (QED) is 0.846. The molecule has 2 heterocycles. The normalized spacial score (nSPS) is 22.0. The van der Waals surface area contributed by atoms with E-state index in [4.69, 9.17) is 0 Å². The van der Waals surface area contributed by atoms with Crippen molar-refractivity contribution in [2.24, 2.45) is 0 Å². The van der Waals surface area contributed by atoms with E-state index in [-0.39, 0.29) is 5.91 Å². The molecule has 0 saturated carbocycles. The molecule has 0 unspecified atom stereocenters. The van der Waals surface area contributed by atoms with Gasteiger partial charge in [0.15, 0.2) is 0 Å². The van der Waals surface area contributed by atoms with Crippen molar-refractivity contribution in [3.8, 4) is 0 Å². The third-order valence-electron chi connectivity index (χ3n) is 5.94. The molecule has 2 aliphatic heterocycles. The van der Waals surface area contributed by atoms with Crippen LogP contribution in [0.15, 0.2) is 24.3 Å². The molecule has 1 N–H and O–H groups in total. The van der Waals surface area contributed by atoms with Crippen molar-refractivity contribution in [2.45, 2.75) is 50.9 Å². The van der Waals surface area contributed by atoms with Crippen LogP contribution in [0.25, 0.3) is 0 Å². The fraction of sp³-hybridized carbons (Fsp3) is 0.682. The molecule has 1 aromatic rings. The third-order valence-corrected chi connectivity index (χ3v) is 5.94. The van der Waals surface area contributed by atoms with Crippen molar-refractivity contribution >= 4 is 5.91 Å². The fourth-order valence-corrected chi connectivity index (χ4v) is 4.25. The largest absolute Gasteiger partial charge is 0.342 e. The monoisotopic (exact) mass is 357 g/mol. The standard InChI is InChI=1S/C22H35N3O/c1-24(14-7-17-25-15-4-2-3-5-16-25)22(26)20-11-9-19(10-12-20)21-8-6-13-23-18-21/h9-12,21,23H,2-8,13-18H2,1H3/t21-/m1/s1. The molecule has 4 nitrogen and oxygen atoms in total. The van der Waals surface area contributed by atoms with Gasteiger partial charge in [-0.2, -0.15) is 0 Å². The Morgan fingerprint density at radius 1 is 1.12 bits per heavy atom. The third kappa shape index (κ3) is 5.55. The number of likely N-dealkylation sites (tertiary alicyclic amines) is 1. The summed E-state index contributed by atoms with van der Waals surface area (Å²) in [5.74, 6) is 0.744. The van der Waals surface area contributed by atoms with Crippen LogP contribution >= 0.6 is 0 Å². The van der Waals surface area contributed by atoms with Crippen LogP contribution in [0.5, 0.6) is 0 Å². The number of benzene rings is 1. The van der Waals surface area contributed by atoms with Gasteiger partial charge in [0.1, 0.15) is 0 Å². The van der Waals surface area contributed by atoms with Gasteiger partial charge in [-0.05, 0) is 81.9 Å². The van der Waals surface area contributed by atoms with Crippen LogP contribution in [0.4, 0.5) is 0 Å². The molecule has 0 spiro atoms. The van der Waals surface area contributed by atoms with E-state index in [0.717, 1.165) is 38.2 Å². The zero-order valence-electron chi connectivity index (χ0n) is 16.4. The van der Waals surface area contributed by atoms with Gasteiger partial charge in [0.25, 0.3) is 5.91 Å². The summed E-state index contributed by atoms with van der Waals surface area (Å²) in [7, 11) is 1.93. The first-order valence-corrected chi connectivity index (χ1v) is 10.5. The molecule has 4 heteroatoms. The van der Waals surface area contributed by atoms with Crippen LogP contribution in [0, 0.1) is 0 Å². The van der Waals surface area contributed by atoms with Gasteiger partial charge in [-0.15, -0.1) is 0 Å². The minimum absolute atomic E-state index is 0.147. The van der Waals surface area contributed by atoms with Crippen LogP contribution in [0.1, 0.15) is 66.8 Å². The average molecular weight is 358 g/mol. The molecule has 0 aliphatic carbocycles. The highest BCUT2D eigenvalue weighted by atomic mass is 16.2.